The summed E-state index contributed by atoms with van der Waals surface area (Å²) in [5.41, 5.74) is 0.959. The molecule has 0 fully saturated rings. The Labute approximate surface area is 148 Å². The highest BCUT2D eigenvalue weighted by atomic mass is 16.5. The van der Waals surface area contributed by atoms with Crippen molar-refractivity contribution in [3.8, 4) is 17.2 Å². The van der Waals surface area contributed by atoms with Gasteiger partial charge in [-0.15, -0.1) is 0 Å². The van der Waals surface area contributed by atoms with E-state index in [2.05, 4.69) is 5.32 Å². The molecule has 0 aliphatic carbocycles. The van der Waals surface area contributed by atoms with Gasteiger partial charge in [0.05, 0.1) is 20.3 Å². The molecule has 5 nitrogen and oxygen atoms in total. The third-order valence-electron chi connectivity index (χ3n) is 3.96. The minimum atomic E-state index is -0.586. The quantitative estimate of drug-likeness (QED) is 0.793. The molecule has 0 saturated heterocycles. The molecule has 2 rings (SSSR count). The molecule has 0 unspecified atom stereocenters. The second-order valence-electron chi connectivity index (χ2n) is 5.66. The Bertz CT molecular complexity index is 687. The third-order valence-corrected chi connectivity index (χ3v) is 3.96. The second kappa shape index (κ2) is 8.97. The Morgan fingerprint density at radius 1 is 1.04 bits per heavy atom. The average Bonchev–Trinajstić information content (AvgIpc) is 2.66. The molecule has 0 spiro atoms. The number of ether oxygens (including phenoxy) is 3. The second-order valence-corrected chi connectivity index (χ2v) is 5.66. The topological polar surface area (TPSA) is 56.8 Å². The molecule has 0 saturated carbocycles. The summed E-state index contributed by atoms with van der Waals surface area (Å²) < 4.78 is 16.3. The first-order valence-corrected chi connectivity index (χ1v) is 8.33. The zero-order valence-electron chi connectivity index (χ0n) is 15.1. The molecule has 0 radical (unpaired) electrons. The van der Waals surface area contributed by atoms with Crippen LogP contribution in [0.4, 0.5) is 0 Å². The summed E-state index contributed by atoms with van der Waals surface area (Å²) in [4.78, 5) is 12.5. The van der Waals surface area contributed by atoms with Crippen molar-refractivity contribution in [2.24, 2.45) is 0 Å². The van der Waals surface area contributed by atoms with E-state index in [1.54, 1.807) is 21.1 Å². The Morgan fingerprint density at radius 2 is 1.72 bits per heavy atom. The summed E-state index contributed by atoms with van der Waals surface area (Å²) in [5, 5.41) is 3.03. The molecule has 0 heterocycles. The number of nitrogens with one attached hydrogen (secondary N) is 1. The molecular formula is C20H25NO4. The maximum Gasteiger partial charge on any atom is 0.261 e. The van der Waals surface area contributed by atoms with Crippen molar-refractivity contribution in [3.05, 3.63) is 54.1 Å². The van der Waals surface area contributed by atoms with Crippen LogP contribution >= 0.6 is 0 Å². The van der Waals surface area contributed by atoms with E-state index in [0.717, 1.165) is 12.0 Å². The fourth-order valence-corrected chi connectivity index (χ4v) is 2.54. The summed E-state index contributed by atoms with van der Waals surface area (Å²) in [5.74, 6) is 1.81. The van der Waals surface area contributed by atoms with Crippen LogP contribution in [0, 0.1) is 0 Å². The molecule has 0 bridgehead atoms. The van der Waals surface area contributed by atoms with Gasteiger partial charge in [0.25, 0.3) is 5.91 Å². The van der Waals surface area contributed by atoms with E-state index in [-0.39, 0.29) is 11.9 Å². The zero-order valence-corrected chi connectivity index (χ0v) is 15.1. The van der Waals surface area contributed by atoms with E-state index in [9.17, 15) is 4.79 Å². The Morgan fingerprint density at radius 3 is 2.32 bits per heavy atom. The normalized spacial score (nSPS) is 12.8. The first-order valence-electron chi connectivity index (χ1n) is 8.33. The van der Waals surface area contributed by atoms with Gasteiger partial charge in [-0.3, -0.25) is 4.79 Å². The van der Waals surface area contributed by atoms with Crippen molar-refractivity contribution in [3.63, 3.8) is 0 Å². The standard InChI is InChI=1S/C20H25NO4/c1-5-17(15-11-12-18(23-3)19(13-15)24-4)21-20(22)14(2)25-16-9-7-6-8-10-16/h6-14,17H,5H2,1-4H3,(H,21,22)/t14-,17+/m0/s1. The molecule has 2 aromatic carbocycles. The van der Waals surface area contributed by atoms with E-state index in [1.165, 1.54) is 0 Å². The number of methoxy groups -OCH3 is 2. The Balaban J connectivity index is 2.06. The highest BCUT2D eigenvalue weighted by molar-refractivity contribution is 5.81. The van der Waals surface area contributed by atoms with Crippen molar-refractivity contribution in [2.45, 2.75) is 32.4 Å². The highest BCUT2D eigenvalue weighted by Gasteiger charge is 2.20. The number of hydrogen-bond donors (Lipinski definition) is 1. The number of carbonyl (C=O) groups is 1. The van der Waals surface area contributed by atoms with Gasteiger partial charge in [0, 0.05) is 0 Å². The summed E-state index contributed by atoms with van der Waals surface area (Å²) in [6.45, 7) is 3.76. The maximum absolute atomic E-state index is 12.5. The highest BCUT2D eigenvalue weighted by Crippen LogP contribution is 2.30. The zero-order chi connectivity index (χ0) is 18.2. The van der Waals surface area contributed by atoms with Crippen LogP contribution in [0.15, 0.2) is 48.5 Å². The van der Waals surface area contributed by atoms with E-state index >= 15 is 0 Å². The lowest BCUT2D eigenvalue weighted by molar-refractivity contribution is -0.128. The molecule has 1 amide bonds. The number of benzene rings is 2. The van der Waals surface area contributed by atoms with E-state index in [0.29, 0.717) is 17.2 Å². The van der Waals surface area contributed by atoms with Crippen LogP contribution in [0.3, 0.4) is 0 Å². The van der Waals surface area contributed by atoms with E-state index in [1.807, 2.05) is 55.5 Å². The predicted octanol–water partition coefficient (Wildman–Crippen LogP) is 3.74. The van der Waals surface area contributed by atoms with Gasteiger partial charge in [-0.1, -0.05) is 31.2 Å². The van der Waals surface area contributed by atoms with Crippen molar-refractivity contribution in [1.82, 2.24) is 5.32 Å². The van der Waals surface area contributed by atoms with Crippen LogP contribution in [0.5, 0.6) is 17.2 Å². The fourth-order valence-electron chi connectivity index (χ4n) is 2.54. The fraction of sp³-hybridized carbons (Fsp3) is 0.350. The van der Waals surface area contributed by atoms with Crippen LogP contribution in [-0.2, 0) is 4.79 Å². The van der Waals surface area contributed by atoms with Crippen LogP contribution in [0.2, 0.25) is 0 Å². The van der Waals surface area contributed by atoms with E-state index < -0.39 is 6.10 Å². The van der Waals surface area contributed by atoms with Gasteiger partial charge in [-0.2, -0.15) is 0 Å². The lowest BCUT2D eigenvalue weighted by Gasteiger charge is -2.22. The summed E-state index contributed by atoms with van der Waals surface area (Å²) in [6.07, 6.45) is 0.163. The molecule has 2 aromatic rings. The monoisotopic (exact) mass is 343 g/mol. The minimum absolute atomic E-state index is 0.130. The molecule has 0 aliphatic rings. The average molecular weight is 343 g/mol. The maximum atomic E-state index is 12.5. The minimum Gasteiger partial charge on any atom is -0.493 e. The smallest absolute Gasteiger partial charge is 0.261 e. The van der Waals surface area contributed by atoms with Gasteiger partial charge < -0.3 is 19.5 Å². The van der Waals surface area contributed by atoms with Gasteiger partial charge >= 0.3 is 0 Å². The number of carbonyl (C=O) groups excluding carboxylic acids is 1. The first kappa shape index (κ1) is 18.6. The molecule has 1 N–H and O–H groups in total. The molecule has 5 heteroatoms. The van der Waals surface area contributed by atoms with Crippen molar-refractivity contribution >= 4 is 5.91 Å². The molecule has 0 aliphatic heterocycles. The van der Waals surface area contributed by atoms with Gasteiger partial charge in [0.1, 0.15) is 5.75 Å². The Kier molecular flexibility index (Phi) is 6.69. The van der Waals surface area contributed by atoms with Crippen LogP contribution in [0.25, 0.3) is 0 Å². The van der Waals surface area contributed by atoms with Crippen molar-refractivity contribution < 1.29 is 19.0 Å². The largest absolute Gasteiger partial charge is 0.493 e. The summed E-state index contributed by atoms with van der Waals surface area (Å²) in [7, 11) is 3.19. The molecule has 134 valence electrons. The number of hydrogen-bond acceptors (Lipinski definition) is 4. The first-order chi connectivity index (χ1) is 12.1. The number of rotatable bonds is 8. The van der Waals surface area contributed by atoms with Gasteiger partial charge in [-0.25, -0.2) is 0 Å². The molecular weight excluding hydrogens is 318 g/mol. The third kappa shape index (κ3) is 4.89. The summed E-state index contributed by atoms with van der Waals surface area (Å²) in [6, 6.07) is 14.8. The van der Waals surface area contributed by atoms with Crippen LogP contribution in [-0.4, -0.2) is 26.2 Å². The number of para-hydroxylation sites is 1. The van der Waals surface area contributed by atoms with Crippen molar-refractivity contribution in [2.75, 3.05) is 14.2 Å². The molecule has 0 aromatic heterocycles. The summed E-state index contributed by atoms with van der Waals surface area (Å²) >= 11 is 0. The van der Waals surface area contributed by atoms with Crippen LogP contribution < -0.4 is 19.5 Å². The van der Waals surface area contributed by atoms with Gasteiger partial charge in [0.15, 0.2) is 17.6 Å². The molecule has 2 atom stereocenters. The van der Waals surface area contributed by atoms with Crippen LogP contribution in [0.1, 0.15) is 31.9 Å². The Hall–Kier alpha value is -2.69. The SMILES string of the molecule is CC[C@@H](NC(=O)[C@H](C)Oc1ccccc1)c1ccc(OC)c(OC)c1. The lowest BCUT2D eigenvalue weighted by Crippen LogP contribution is -2.38. The number of amides is 1. The van der Waals surface area contributed by atoms with E-state index in [4.69, 9.17) is 14.2 Å². The lowest BCUT2D eigenvalue weighted by atomic mass is 10.0. The van der Waals surface area contributed by atoms with Crippen molar-refractivity contribution in [1.29, 1.82) is 0 Å². The molecule has 25 heavy (non-hydrogen) atoms. The predicted molar refractivity (Wildman–Crippen MR) is 97.3 cm³/mol. The van der Waals surface area contributed by atoms with Gasteiger partial charge in [-0.05, 0) is 43.2 Å². The van der Waals surface area contributed by atoms with Gasteiger partial charge in [0.2, 0.25) is 0 Å².